The SMILES string of the molecule is COc1nc(-c2cccc(-c3cccc(Nc4nc(C)cc5c4c(=O)n(C)c(=O)n5C)c3C)c2Cl)cc2c1C(NCC1CCC(=O)N1)CC2. The predicted octanol–water partition coefficient (Wildman–Crippen LogP) is 5.24. The van der Waals surface area contributed by atoms with Crippen LogP contribution in [-0.4, -0.2) is 44.7 Å². The number of aryl methyl sites for hydroxylation is 3. The van der Waals surface area contributed by atoms with Gasteiger partial charge in [0, 0.05) is 67.2 Å². The van der Waals surface area contributed by atoms with Crippen molar-refractivity contribution >= 4 is 39.9 Å². The normalized spacial score (nSPS) is 17.0. The Hall–Kier alpha value is -5.00. The molecule has 4 heterocycles. The van der Waals surface area contributed by atoms with Crippen LogP contribution in [0.5, 0.6) is 5.88 Å². The lowest BCUT2D eigenvalue weighted by molar-refractivity contribution is -0.119. The van der Waals surface area contributed by atoms with Gasteiger partial charge in [-0.1, -0.05) is 41.9 Å². The molecule has 2 atom stereocenters. The van der Waals surface area contributed by atoms with E-state index < -0.39 is 11.2 Å². The summed E-state index contributed by atoms with van der Waals surface area (Å²) in [7, 11) is 4.75. The van der Waals surface area contributed by atoms with Gasteiger partial charge in [-0.2, -0.15) is 0 Å². The quantitative estimate of drug-likeness (QED) is 0.203. The van der Waals surface area contributed by atoms with E-state index in [1.54, 1.807) is 20.2 Å². The van der Waals surface area contributed by atoms with Crippen molar-refractivity contribution in [2.45, 2.75) is 51.6 Å². The van der Waals surface area contributed by atoms with Gasteiger partial charge in [0.25, 0.3) is 5.56 Å². The van der Waals surface area contributed by atoms with Gasteiger partial charge in [0.15, 0.2) is 0 Å². The van der Waals surface area contributed by atoms with Gasteiger partial charge in [-0.3, -0.25) is 18.7 Å². The number of halogens is 1. The first kappa shape index (κ1) is 32.5. The highest BCUT2D eigenvalue weighted by atomic mass is 35.5. The van der Waals surface area contributed by atoms with Gasteiger partial charge in [0.05, 0.1) is 23.3 Å². The number of amides is 1. The number of hydrogen-bond acceptors (Lipinski definition) is 8. The Bertz CT molecular complexity index is 2280. The van der Waals surface area contributed by atoms with Crippen molar-refractivity contribution in [1.29, 1.82) is 0 Å². The van der Waals surface area contributed by atoms with Crippen molar-refractivity contribution in [2.24, 2.45) is 14.1 Å². The predicted molar refractivity (Wildman–Crippen MR) is 192 cm³/mol. The summed E-state index contributed by atoms with van der Waals surface area (Å²) >= 11 is 7.20. The molecule has 1 amide bonds. The molecule has 0 bridgehead atoms. The van der Waals surface area contributed by atoms with Gasteiger partial charge in [-0.25, -0.2) is 14.8 Å². The molecule has 3 N–H and O–H groups in total. The first-order chi connectivity index (χ1) is 23.5. The van der Waals surface area contributed by atoms with Gasteiger partial charge < -0.3 is 20.7 Å². The minimum Gasteiger partial charge on any atom is -0.481 e. The van der Waals surface area contributed by atoms with Crippen LogP contribution in [0.25, 0.3) is 33.3 Å². The zero-order valence-electron chi connectivity index (χ0n) is 28.1. The molecule has 0 saturated carbocycles. The number of anilines is 2. The zero-order valence-corrected chi connectivity index (χ0v) is 28.9. The standard InChI is InChI=1S/C37H38ClN7O4/c1-19-16-29-32(36(47)45(4)37(48)44(29)3)34(40-19)42-26-11-7-8-23(20(26)2)24-9-6-10-25(33(24)38)28-17-21-12-14-27(31(21)35(43-28)49-5)39-18-22-13-15-30(46)41-22/h6-11,16-17,22,27,39H,12-15,18H2,1-5H3,(H,40,42)(H,41,46). The number of carbonyl (C=O) groups excluding carboxylic acids is 1. The molecule has 2 aliphatic rings. The van der Waals surface area contributed by atoms with E-state index in [4.69, 9.17) is 21.3 Å². The molecule has 12 heteroatoms. The van der Waals surface area contributed by atoms with E-state index in [9.17, 15) is 14.4 Å². The maximum Gasteiger partial charge on any atom is 0.330 e. The van der Waals surface area contributed by atoms with Crippen molar-refractivity contribution in [1.82, 2.24) is 29.7 Å². The average Bonchev–Trinajstić information content (AvgIpc) is 3.71. The summed E-state index contributed by atoms with van der Waals surface area (Å²) in [6.45, 7) is 4.53. The van der Waals surface area contributed by atoms with E-state index in [2.05, 4.69) is 27.0 Å². The van der Waals surface area contributed by atoms with Crippen LogP contribution in [-0.2, 0) is 25.3 Å². The second-order valence-electron chi connectivity index (χ2n) is 12.9. The fourth-order valence-electron chi connectivity index (χ4n) is 7.15. The lowest BCUT2D eigenvalue weighted by Gasteiger charge is -2.20. The molecular formula is C37H38ClN7O4. The van der Waals surface area contributed by atoms with E-state index in [1.165, 1.54) is 17.2 Å². The largest absolute Gasteiger partial charge is 0.481 e. The first-order valence-corrected chi connectivity index (χ1v) is 16.8. The van der Waals surface area contributed by atoms with Crippen LogP contribution >= 0.6 is 11.6 Å². The molecule has 2 aromatic carbocycles. The number of fused-ring (bicyclic) bond motifs is 2. The van der Waals surface area contributed by atoms with E-state index in [0.29, 0.717) is 46.3 Å². The number of nitrogens with zero attached hydrogens (tertiary/aromatic N) is 4. The molecule has 7 rings (SSSR count). The lowest BCUT2D eigenvalue weighted by atomic mass is 9.96. The van der Waals surface area contributed by atoms with Crippen LogP contribution in [0.4, 0.5) is 11.5 Å². The van der Waals surface area contributed by atoms with E-state index in [-0.39, 0.29) is 18.0 Å². The number of pyridine rings is 2. The highest BCUT2D eigenvalue weighted by Crippen LogP contribution is 2.43. The fraction of sp³-hybridized carbons (Fsp3) is 0.324. The molecule has 0 spiro atoms. The summed E-state index contributed by atoms with van der Waals surface area (Å²) < 4.78 is 8.38. The molecule has 1 aliphatic heterocycles. The Morgan fingerprint density at radius 1 is 0.959 bits per heavy atom. The highest BCUT2D eigenvalue weighted by Gasteiger charge is 2.30. The van der Waals surface area contributed by atoms with Gasteiger partial charge in [-0.05, 0) is 68.0 Å². The Labute approximate surface area is 288 Å². The minimum absolute atomic E-state index is 0.0915. The molecule has 3 aromatic heterocycles. The summed E-state index contributed by atoms with van der Waals surface area (Å²) in [5.74, 6) is 1.06. The van der Waals surface area contributed by atoms with Gasteiger partial charge in [0.2, 0.25) is 11.8 Å². The maximum atomic E-state index is 13.3. The minimum atomic E-state index is -0.417. The third kappa shape index (κ3) is 5.76. The molecule has 1 aliphatic carbocycles. The first-order valence-electron chi connectivity index (χ1n) is 16.4. The molecule has 0 radical (unpaired) electrons. The van der Waals surface area contributed by atoms with Crippen molar-refractivity contribution in [3.8, 4) is 28.3 Å². The van der Waals surface area contributed by atoms with Gasteiger partial charge >= 0.3 is 5.69 Å². The summed E-state index contributed by atoms with van der Waals surface area (Å²) in [5.41, 5.74) is 7.51. The van der Waals surface area contributed by atoms with Crippen molar-refractivity contribution in [3.63, 3.8) is 0 Å². The molecule has 1 fully saturated rings. The Kier molecular flexibility index (Phi) is 8.50. The number of rotatable bonds is 8. The Morgan fingerprint density at radius 3 is 2.47 bits per heavy atom. The topological polar surface area (TPSA) is 132 Å². The van der Waals surface area contributed by atoms with Gasteiger partial charge in [-0.15, -0.1) is 0 Å². The van der Waals surface area contributed by atoms with Gasteiger partial charge in [0.1, 0.15) is 11.2 Å². The van der Waals surface area contributed by atoms with E-state index in [0.717, 1.165) is 63.0 Å². The molecule has 5 aromatic rings. The monoisotopic (exact) mass is 679 g/mol. The summed E-state index contributed by atoms with van der Waals surface area (Å²) in [6, 6.07) is 15.9. The second-order valence-corrected chi connectivity index (χ2v) is 13.3. The van der Waals surface area contributed by atoms with Crippen LogP contribution in [0.1, 0.15) is 47.7 Å². The average molecular weight is 680 g/mol. The number of benzene rings is 2. The number of carbonyl (C=O) groups is 1. The van der Waals surface area contributed by atoms with Crippen LogP contribution in [0.3, 0.4) is 0 Å². The molecule has 1 saturated heterocycles. The van der Waals surface area contributed by atoms with Crippen LogP contribution < -0.4 is 31.9 Å². The molecule has 11 nitrogen and oxygen atoms in total. The number of hydrogen-bond donors (Lipinski definition) is 3. The summed E-state index contributed by atoms with van der Waals surface area (Å²) in [6.07, 6.45) is 3.21. The smallest absolute Gasteiger partial charge is 0.330 e. The Morgan fingerprint density at radius 2 is 1.71 bits per heavy atom. The second kappa shape index (κ2) is 12.8. The third-order valence-electron chi connectivity index (χ3n) is 9.78. The van der Waals surface area contributed by atoms with Crippen molar-refractivity contribution in [2.75, 3.05) is 19.0 Å². The van der Waals surface area contributed by atoms with E-state index in [1.807, 2.05) is 50.2 Å². The van der Waals surface area contributed by atoms with E-state index >= 15 is 0 Å². The highest BCUT2D eigenvalue weighted by molar-refractivity contribution is 6.36. The van der Waals surface area contributed by atoms with Crippen molar-refractivity contribution < 1.29 is 9.53 Å². The zero-order chi connectivity index (χ0) is 34.6. The number of nitrogens with one attached hydrogen (secondary N) is 3. The van der Waals surface area contributed by atoms with Crippen LogP contribution in [0, 0.1) is 13.8 Å². The van der Waals surface area contributed by atoms with Crippen molar-refractivity contribution in [3.05, 3.63) is 96.8 Å². The molecule has 2 unspecified atom stereocenters. The molecule has 49 heavy (non-hydrogen) atoms. The molecule has 252 valence electrons. The third-order valence-corrected chi connectivity index (χ3v) is 10.2. The summed E-state index contributed by atoms with van der Waals surface area (Å²) in [5, 5.41) is 10.9. The van der Waals surface area contributed by atoms with Crippen LogP contribution in [0.15, 0.2) is 58.1 Å². The van der Waals surface area contributed by atoms with Crippen LogP contribution in [0.2, 0.25) is 5.02 Å². The lowest BCUT2D eigenvalue weighted by Crippen LogP contribution is -2.37. The maximum absolute atomic E-state index is 13.3. The number of methoxy groups -OCH3 is 1. The Balaban J connectivity index is 1.23. The molecular weight excluding hydrogens is 642 g/mol. The fourth-order valence-corrected chi connectivity index (χ4v) is 7.48. The number of aromatic nitrogens is 4. The number of ether oxygens (including phenoxy) is 1. The summed E-state index contributed by atoms with van der Waals surface area (Å²) in [4.78, 5) is 47.2.